The first-order valence-electron chi connectivity index (χ1n) is 10.9. The molecule has 3 heterocycles. The molecule has 0 saturated carbocycles. The van der Waals surface area contributed by atoms with Crippen LogP contribution in [0.4, 0.5) is 10.9 Å². The average molecular weight is 444 g/mol. The zero-order chi connectivity index (χ0) is 21.8. The van der Waals surface area contributed by atoms with Crippen molar-refractivity contribution in [1.29, 1.82) is 0 Å². The van der Waals surface area contributed by atoms with Gasteiger partial charge in [0.2, 0.25) is 11.9 Å². The number of piperazine rings is 1. The van der Waals surface area contributed by atoms with Crippen molar-refractivity contribution in [3.05, 3.63) is 34.5 Å². The van der Waals surface area contributed by atoms with Crippen LogP contribution in [0.2, 0.25) is 0 Å². The number of rotatable bonds is 6. The van der Waals surface area contributed by atoms with Crippen LogP contribution in [-0.2, 0) is 22.4 Å². The fourth-order valence-electron chi connectivity index (χ4n) is 4.19. The third-order valence-corrected chi connectivity index (χ3v) is 6.99. The quantitative estimate of drug-likeness (QED) is 0.687. The van der Waals surface area contributed by atoms with Gasteiger partial charge >= 0.3 is 5.97 Å². The van der Waals surface area contributed by atoms with Crippen molar-refractivity contribution in [3.63, 3.8) is 0 Å². The number of anilines is 2. The molecule has 8 nitrogen and oxygen atoms in total. The van der Waals surface area contributed by atoms with Gasteiger partial charge < -0.3 is 15.0 Å². The van der Waals surface area contributed by atoms with Crippen LogP contribution in [0.5, 0.6) is 0 Å². The van der Waals surface area contributed by atoms with Crippen LogP contribution >= 0.6 is 11.3 Å². The fourth-order valence-corrected chi connectivity index (χ4v) is 5.60. The Labute approximate surface area is 186 Å². The summed E-state index contributed by atoms with van der Waals surface area (Å²) in [6, 6.07) is 1.80. The van der Waals surface area contributed by atoms with Crippen molar-refractivity contribution in [2.75, 3.05) is 49.5 Å². The molecule has 31 heavy (non-hydrogen) atoms. The van der Waals surface area contributed by atoms with Gasteiger partial charge in [-0.1, -0.05) is 6.92 Å². The monoisotopic (exact) mass is 443 g/mol. The number of nitrogens with one attached hydrogen (secondary N) is 1. The largest absolute Gasteiger partial charge is 0.462 e. The van der Waals surface area contributed by atoms with Gasteiger partial charge in [0, 0.05) is 43.4 Å². The van der Waals surface area contributed by atoms with Gasteiger partial charge in [0.1, 0.15) is 5.00 Å². The van der Waals surface area contributed by atoms with Crippen LogP contribution in [0.1, 0.15) is 41.1 Å². The molecule has 1 amide bonds. The van der Waals surface area contributed by atoms with Crippen LogP contribution in [0.15, 0.2) is 18.5 Å². The summed E-state index contributed by atoms with van der Waals surface area (Å²) in [7, 11) is 0. The highest BCUT2D eigenvalue weighted by atomic mass is 32.1. The molecular formula is C22H29N5O3S. The molecule has 1 unspecified atom stereocenters. The predicted octanol–water partition coefficient (Wildman–Crippen LogP) is 2.60. The number of amides is 1. The van der Waals surface area contributed by atoms with Crippen LogP contribution in [-0.4, -0.2) is 66.1 Å². The minimum atomic E-state index is -0.332. The summed E-state index contributed by atoms with van der Waals surface area (Å²) in [5, 5.41) is 3.65. The molecule has 0 spiro atoms. The molecule has 9 heteroatoms. The first-order valence-corrected chi connectivity index (χ1v) is 11.7. The van der Waals surface area contributed by atoms with E-state index in [0.29, 0.717) is 29.6 Å². The summed E-state index contributed by atoms with van der Waals surface area (Å²) in [4.78, 5) is 39.5. The first-order chi connectivity index (χ1) is 15.0. The summed E-state index contributed by atoms with van der Waals surface area (Å²) in [6.45, 7) is 7.71. The molecule has 166 valence electrons. The van der Waals surface area contributed by atoms with Gasteiger partial charge in [-0.25, -0.2) is 14.8 Å². The van der Waals surface area contributed by atoms with E-state index in [2.05, 4.69) is 32.0 Å². The normalized spacial score (nSPS) is 19.0. The van der Waals surface area contributed by atoms with E-state index in [1.165, 1.54) is 16.2 Å². The number of carbonyl (C=O) groups excluding carboxylic acids is 2. The van der Waals surface area contributed by atoms with Crippen molar-refractivity contribution in [3.8, 4) is 0 Å². The van der Waals surface area contributed by atoms with Crippen LogP contribution in [0.25, 0.3) is 0 Å². The Morgan fingerprint density at radius 2 is 1.97 bits per heavy atom. The highest BCUT2D eigenvalue weighted by molar-refractivity contribution is 7.17. The summed E-state index contributed by atoms with van der Waals surface area (Å²) in [5.41, 5.74) is 1.63. The van der Waals surface area contributed by atoms with Gasteiger partial charge in [0.25, 0.3) is 0 Å². The standard InChI is InChI=1S/C22H29N5O3S/c1-3-30-21(29)19-16-6-5-15(2)13-17(16)31-20(19)25-18(28)14-26-9-11-27(12-10-26)22-23-7-4-8-24-22/h4,7-8,15H,3,5-6,9-14H2,1-2H3,(H,25,28). The van der Waals surface area contributed by atoms with Crippen LogP contribution < -0.4 is 10.2 Å². The van der Waals surface area contributed by atoms with E-state index < -0.39 is 0 Å². The molecule has 2 aromatic heterocycles. The maximum Gasteiger partial charge on any atom is 0.341 e. The molecule has 2 aromatic rings. The van der Waals surface area contributed by atoms with E-state index >= 15 is 0 Å². The number of aromatic nitrogens is 2. The van der Waals surface area contributed by atoms with E-state index in [-0.39, 0.29) is 11.9 Å². The van der Waals surface area contributed by atoms with Crippen molar-refractivity contribution in [2.45, 2.75) is 33.1 Å². The van der Waals surface area contributed by atoms with E-state index in [1.807, 2.05) is 0 Å². The minimum Gasteiger partial charge on any atom is -0.462 e. The first kappa shape index (κ1) is 21.7. The third kappa shape index (κ3) is 5.04. The lowest BCUT2D eigenvalue weighted by atomic mass is 9.88. The molecule has 1 fully saturated rings. The van der Waals surface area contributed by atoms with Crippen LogP contribution in [0.3, 0.4) is 0 Å². The molecule has 2 aliphatic rings. The number of carbonyl (C=O) groups is 2. The molecule has 0 bridgehead atoms. The summed E-state index contributed by atoms with van der Waals surface area (Å²) >= 11 is 1.53. The summed E-state index contributed by atoms with van der Waals surface area (Å²) in [6.07, 6.45) is 6.35. The highest BCUT2D eigenvalue weighted by Gasteiger charge is 2.29. The highest BCUT2D eigenvalue weighted by Crippen LogP contribution is 2.40. The number of nitrogens with zero attached hydrogens (tertiary/aromatic N) is 4. The van der Waals surface area contributed by atoms with E-state index in [0.717, 1.165) is 57.0 Å². The third-order valence-electron chi connectivity index (χ3n) is 5.82. The van der Waals surface area contributed by atoms with Gasteiger partial charge in [-0.2, -0.15) is 0 Å². The number of thiophene rings is 1. The van der Waals surface area contributed by atoms with Gasteiger partial charge in [-0.3, -0.25) is 9.69 Å². The molecule has 1 N–H and O–H groups in total. The lowest BCUT2D eigenvalue weighted by Gasteiger charge is -2.34. The van der Waals surface area contributed by atoms with Crippen LogP contribution in [0, 0.1) is 5.92 Å². The number of ether oxygens (including phenoxy) is 1. The van der Waals surface area contributed by atoms with E-state index in [1.54, 1.807) is 25.4 Å². The number of hydrogen-bond donors (Lipinski definition) is 1. The Hall–Kier alpha value is -2.52. The van der Waals surface area contributed by atoms with E-state index in [9.17, 15) is 9.59 Å². The Bertz CT molecular complexity index is 925. The van der Waals surface area contributed by atoms with Gasteiger partial charge in [0.05, 0.1) is 18.7 Å². The van der Waals surface area contributed by atoms with E-state index in [4.69, 9.17) is 4.74 Å². The number of hydrogen-bond acceptors (Lipinski definition) is 8. The molecule has 0 aromatic carbocycles. The second-order valence-electron chi connectivity index (χ2n) is 8.14. The molecule has 1 saturated heterocycles. The zero-order valence-electron chi connectivity index (χ0n) is 18.1. The Morgan fingerprint density at radius 1 is 1.23 bits per heavy atom. The topological polar surface area (TPSA) is 87.7 Å². The maximum atomic E-state index is 12.8. The SMILES string of the molecule is CCOC(=O)c1c(NC(=O)CN2CCN(c3ncccn3)CC2)sc2c1CCC(C)C2. The molecule has 1 aliphatic heterocycles. The van der Waals surface area contributed by atoms with Gasteiger partial charge in [-0.05, 0) is 43.7 Å². The summed E-state index contributed by atoms with van der Waals surface area (Å²) < 4.78 is 5.29. The molecular weight excluding hydrogens is 414 g/mol. The van der Waals surface area contributed by atoms with Gasteiger partial charge in [-0.15, -0.1) is 11.3 Å². The van der Waals surface area contributed by atoms with Crippen molar-refractivity contribution in [1.82, 2.24) is 14.9 Å². The Morgan fingerprint density at radius 3 is 2.68 bits per heavy atom. The second-order valence-corrected chi connectivity index (χ2v) is 9.24. The summed E-state index contributed by atoms with van der Waals surface area (Å²) in [5.74, 6) is 0.890. The number of esters is 1. The van der Waals surface area contributed by atoms with Crippen molar-refractivity contribution >= 4 is 34.2 Å². The van der Waals surface area contributed by atoms with Gasteiger partial charge in [0.15, 0.2) is 0 Å². The molecule has 1 atom stereocenters. The molecule has 0 radical (unpaired) electrons. The zero-order valence-corrected chi connectivity index (χ0v) is 18.9. The maximum absolute atomic E-state index is 12.8. The molecule has 1 aliphatic carbocycles. The molecule has 4 rings (SSSR count). The Kier molecular flexibility index (Phi) is 6.82. The predicted molar refractivity (Wildman–Crippen MR) is 121 cm³/mol. The lowest BCUT2D eigenvalue weighted by molar-refractivity contribution is -0.117. The number of fused-ring (bicyclic) bond motifs is 1. The van der Waals surface area contributed by atoms with Crippen molar-refractivity contribution < 1.29 is 14.3 Å². The average Bonchev–Trinajstić information content (AvgIpc) is 3.11. The Balaban J connectivity index is 1.39. The minimum absolute atomic E-state index is 0.0957. The van der Waals surface area contributed by atoms with Crippen molar-refractivity contribution in [2.24, 2.45) is 5.92 Å². The second kappa shape index (κ2) is 9.74. The lowest BCUT2D eigenvalue weighted by Crippen LogP contribution is -2.49. The smallest absolute Gasteiger partial charge is 0.341 e. The fraction of sp³-hybridized carbons (Fsp3) is 0.545.